The number of pyridine rings is 1. The summed E-state index contributed by atoms with van der Waals surface area (Å²) in [6.07, 6.45) is -7.45. The Morgan fingerprint density at radius 3 is 2.25 bits per heavy atom. The van der Waals surface area contributed by atoms with Crippen molar-refractivity contribution in [3.63, 3.8) is 0 Å². The van der Waals surface area contributed by atoms with Crippen LogP contribution in [0.1, 0.15) is 120 Å². The predicted octanol–water partition coefficient (Wildman–Crippen LogP) is 4.03. The fourth-order valence-corrected chi connectivity index (χ4v) is 17.1. The van der Waals surface area contributed by atoms with Crippen LogP contribution in [0, 0.1) is 0 Å². The van der Waals surface area contributed by atoms with Crippen molar-refractivity contribution in [2.24, 2.45) is 0 Å². The number of aromatic hydroxyl groups is 1. The maximum absolute atomic E-state index is 15.2. The highest BCUT2D eigenvalue weighted by Gasteiger charge is 2.50. The average Bonchev–Trinajstić information content (AvgIpc) is 1.57. The molecule has 10 unspecified atom stereocenters. The quantitative estimate of drug-likeness (QED) is 0.0530. The van der Waals surface area contributed by atoms with Crippen LogP contribution in [0.3, 0.4) is 0 Å². The number of methoxy groups -OCH3 is 1. The maximum Gasteiger partial charge on any atom is 0.358 e. The number of aromatic nitrogens is 7. The van der Waals surface area contributed by atoms with E-state index in [4.69, 9.17) is 48.4 Å². The Labute approximate surface area is 601 Å². The zero-order chi connectivity index (χ0) is 72.2. The summed E-state index contributed by atoms with van der Waals surface area (Å²) in [5.74, 6) is -6.26. The number of amides is 5. The van der Waals surface area contributed by atoms with Gasteiger partial charge < -0.3 is 85.3 Å². The summed E-state index contributed by atoms with van der Waals surface area (Å²) >= 11 is 4.90. The molecule has 8 aromatic rings. The number of likely N-dealkylation sites (N-methyl/N-ethyl adjacent to an activating group) is 2. The molecule has 7 aromatic heterocycles. The number of nitrogens with zero attached hydrogens (tertiary/aromatic N) is 10. The molecule has 2 fully saturated rings. The predicted molar refractivity (Wildman–Crippen MR) is 370 cm³/mol. The maximum atomic E-state index is 15.2. The smallest absolute Gasteiger partial charge is 0.358 e. The molecule has 32 nitrogen and oxygen atoms in total. The highest BCUT2D eigenvalue weighted by Crippen LogP contribution is 2.43. The molecule has 0 spiro atoms. The van der Waals surface area contributed by atoms with E-state index in [-0.39, 0.29) is 124 Å². The Hall–Kier alpha value is -8.83. The van der Waals surface area contributed by atoms with Crippen LogP contribution in [0.2, 0.25) is 0 Å². The number of cyclic esters (lactones) is 2. The molecule has 5 aliphatic rings. The van der Waals surface area contributed by atoms with Gasteiger partial charge in [-0.2, -0.15) is 4.73 Å². The molecule has 0 saturated carbocycles. The van der Waals surface area contributed by atoms with Crippen molar-refractivity contribution in [1.29, 1.82) is 0 Å². The number of hydrogen-bond acceptors (Lipinski definition) is 31. The van der Waals surface area contributed by atoms with Gasteiger partial charge in [0.15, 0.2) is 18.1 Å². The molecule has 5 aliphatic heterocycles. The monoisotopic (exact) mass is 1490 g/mol. The third-order valence-electron chi connectivity index (χ3n) is 18.0. The van der Waals surface area contributed by atoms with Gasteiger partial charge >= 0.3 is 11.9 Å². The molecule has 2 saturated heterocycles. The van der Waals surface area contributed by atoms with Gasteiger partial charge in [0.25, 0.3) is 17.7 Å². The summed E-state index contributed by atoms with van der Waals surface area (Å²) in [4.78, 5) is 137. The number of rotatable bonds is 10. The highest BCUT2D eigenvalue weighted by molar-refractivity contribution is 7.14. The van der Waals surface area contributed by atoms with Crippen LogP contribution < -0.4 is 26.6 Å². The number of hydrogen-bond donors (Lipinski definition) is 9. The van der Waals surface area contributed by atoms with E-state index in [1.165, 1.54) is 49.2 Å². The Balaban J connectivity index is 0.951. The van der Waals surface area contributed by atoms with E-state index in [1.807, 2.05) is 7.05 Å². The SMILES string of the molecule is CO/C(C)=C1/NC(=O)C(C(C)O)NC(=O)c2csc(n2)-c2cc(O)c(-c3nc(CNC(=O)CN4CCN(C)CC4)cs3)nc2-c2csc(n2)C2COC(=O)c3c4c5c(cccc5n3O)COC(=O)C(OC3CC(C)(O)C(N(C)C)C(C)O3)C(OC4)C(NC(=O)c3csc1n3)c1nc(cs1)C(=O)N2. The van der Waals surface area contributed by atoms with E-state index in [1.54, 1.807) is 55.7 Å². The number of piperazine rings is 1. The summed E-state index contributed by atoms with van der Waals surface area (Å²) in [5, 5.41) is 69.5. The second kappa shape index (κ2) is 29.5. The van der Waals surface area contributed by atoms with Crippen LogP contribution in [-0.4, -0.2) is 227 Å². The van der Waals surface area contributed by atoms with Crippen LogP contribution in [-0.2, 0) is 62.6 Å². The minimum atomic E-state index is -1.90. The first kappa shape index (κ1) is 71.6. The molecule has 5 amide bonds. The van der Waals surface area contributed by atoms with Crippen molar-refractivity contribution in [3.8, 4) is 38.4 Å². The first-order valence-electron chi connectivity index (χ1n) is 32.2. The topological polar surface area (TPSA) is 408 Å². The largest absolute Gasteiger partial charge is 0.506 e. The number of allylic oxidation sites excluding steroid dienone is 1. The minimum Gasteiger partial charge on any atom is -0.506 e. The molecular weight excluding hydrogens is 1420 g/mol. The summed E-state index contributed by atoms with van der Waals surface area (Å²) < 4.78 is 38.4. The number of aliphatic hydroxyl groups excluding tert-OH is 1. The van der Waals surface area contributed by atoms with E-state index in [0.717, 1.165) is 82.9 Å². The number of fused-ring (bicyclic) bond motifs is 15. The lowest BCUT2D eigenvalue weighted by atomic mass is 9.85. The van der Waals surface area contributed by atoms with E-state index in [9.17, 15) is 34.9 Å². The fourth-order valence-electron chi connectivity index (χ4n) is 12.9. The molecule has 0 aliphatic carbocycles. The van der Waals surface area contributed by atoms with Crippen molar-refractivity contribution in [2.75, 3.05) is 67.6 Å². The van der Waals surface area contributed by atoms with Crippen LogP contribution in [0.5, 0.6) is 5.75 Å². The Morgan fingerprint density at radius 2 is 1.51 bits per heavy atom. The summed E-state index contributed by atoms with van der Waals surface area (Å²) in [6.45, 7) is 7.83. The lowest BCUT2D eigenvalue weighted by molar-refractivity contribution is -0.280. The third-order valence-corrected chi connectivity index (χ3v) is 22.5. The Morgan fingerprint density at radius 1 is 0.833 bits per heavy atom. The summed E-state index contributed by atoms with van der Waals surface area (Å²) in [6, 6.07) is 0.924. The standard InChI is InChI=1S/C65H71N15O17S5/c1-28(81)45-57(87)75-46(29(2)92-8)60-71-39(27-101-60)56(86)76-49-51-52(97-43-17-65(4,90)53(77(5)6)30(3)96-43)64(89)94-20-31-10-9-11-40-44(31)34(21-93-51)50(80(40)91)63(88)95-22-35(68-54(84)37-26-102-62(49)72-37)59-69-36(24-100-59)47-33(58-70-38(25-99-58)55(85)74-45)16-41(82)48(73-47)61-67-32(23-98-61)18-66-42(83)19-79-14-12-78(7)13-15-79/h9-11,16,23-28,30,35,43,45,49,51-53,81-82,90-91H,12-15,17-22H2,1-8H3,(H,66,83)(H,68,84)(H,74,85)(H,75,87)(H,76,86)/b46-29+. The van der Waals surface area contributed by atoms with Crippen LogP contribution in [0.4, 0.5) is 0 Å². The second-order valence-electron chi connectivity index (χ2n) is 25.5. The van der Waals surface area contributed by atoms with Crippen molar-refractivity contribution >= 4 is 115 Å². The van der Waals surface area contributed by atoms with Gasteiger partial charge in [0.1, 0.15) is 114 Å². The molecule has 10 atom stereocenters. The molecule has 13 rings (SSSR count). The zero-order valence-corrected chi connectivity index (χ0v) is 60.2. The number of benzene rings is 1. The lowest BCUT2D eigenvalue weighted by Gasteiger charge is -2.48. The molecule has 1 aromatic carbocycles. The van der Waals surface area contributed by atoms with Gasteiger partial charge in [-0.25, -0.2) is 39.5 Å². The van der Waals surface area contributed by atoms with E-state index < -0.39 is 122 Å². The van der Waals surface area contributed by atoms with Crippen molar-refractivity contribution < 1.29 is 82.5 Å². The van der Waals surface area contributed by atoms with Gasteiger partial charge in [0.05, 0.1) is 61.9 Å². The summed E-state index contributed by atoms with van der Waals surface area (Å²) in [5.41, 5.74) is -1.47. The number of aliphatic hydroxyl groups is 2. The van der Waals surface area contributed by atoms with E-state index in [2.05, 4.69) is 46.4 Å². The van der Waals surface area contributed by atoms with Crippen molar-refractivity contribution in [2.45, 2.75) is 114 Å². The van der Waals surface area contributed by atoms with Gasteiger partial charge in [0.2, 0.25) is 11.8 Å². The number of nitrogens with one attached hydrogen (secondary N) is 5. The molecule has 102 heavy (non-hydrogen) atoms. The molecule has 12 heterocycles. The van der Waals surface area contributed by atoms with Gasteiger partial charge in [-0.05, 0) is 66.5 Å². The molecule has 12 bridgehead atoms. The first-order chi connectivity index (χ1) is 48.8. The van der Waals surface area contributed by atoms with Crippen LogP contribution >= 0.6 is 56.7 Å². The number of carbonyl (C=O) groups is 7. The Bertz CT molecular complexity index is 4610. The third kappa shape index (κ3) is 14.6. The minimum absolute atomic E-state index is 0.00225. The number of carbonyl (C=O) groups excluding carboxylic acids is 7. The van der Waals surface area contributed by atoms with E-state index in [0.29, 0.717) is 16.0 Å². The summed E-state index contributed by atoms with van der Waals surface area (Å²) in [7, 11) is 6.91. The number of esters is 2. The Kier molecular flexibility index (Phi) is 20.7. The molecule has 538 valence electrons. The first-order valence-corrected chi connectivity index (χ1v) is 36.6. The average molecular weight is 1490 g/mol. The van der Waals surface area contributed by atoms with Crippen LogP contribution in [0.15, 0.2) is 56.9 Å². The van der Waals surface area contributed by atoms with Crippen molar-refractivity contribution in [3.05, 3.63) is 112 Å². The molecule has 9 N–H and O–H groups in total. The highest BCUT2D eigenvalue weighted by atomic mass is 32.1. The van der Waals surface area contributed by atoms with Crippen molar-refractivity contribution in [1.82, 2.24) is 75.9 Å². The van der Waals surface area contributed by atoms with Crippen LogP contribution in [0.25, 0.3) is 49.3 Å². The lowest BCUT2D eigenvalue weighted by Crippen LogP contribution is -2.62. The van der Waals surface area contributed by atoms with Gasteiger partial charge in [-0.1, -0.05) is 12.1 Å². The van der Waals surface area contributed by atoms with Gasteiger partial charge in [0, 0.05) is 76.0 Å². The van der Waals surface area contributed by atoms with Gasteiger partial charge in [-0.3, -0.25) is 28.9 Å². The molecule has 0 radical (unpaired) electrons. The molecular formula is C65H71N15O17S5. The normalized spacial score (nSPS) is 24.9. The zero-order valence-electron chi connectivity index (χ0n) is 56.1. The number of ether oxygens (including phenoxy) is 6. The second-order valence-corrected chi connectivity index (χ2v) is 29.8. The number of thiazole rings is 5. The fraction of sp³-hybridized carbons (Fsp3) is 0.431. The van der Waals surface area contributed by atoms with E-state index >= 15 is 19.2 Å². The van der Waals surface area contributed by atoms with Gasteiger partial charge in [-0.15, -0.1) is 56.7 Å². The molecule has 37 heteroatoms.